The third kappa shape index (κ3) is 6.12. The van der Waals surface area contributed by atoms with Gasteiger partial charge >= 0.3 is 12.1 Å². The molecule has 0 fully saturated rings. The molecule has 1 atom stereocenters. The molecule has 3 N–H and O–H groups in total. The maximum Gasteiger partial charge on any atom is 0.412 e. The van der Waals surface area contributed by atoms with E-state index in [-0.39, 0.29) is 12.0 Å². The summed E-state index contributed by atoms with van der Waals surface area (Å²) in [5.41, 5.74) is 0.889. The van der Waals surface area contributed by atoms with Crippen molar-refractivity contribution in [1.82, 2.24) is 19.9 Å². The summed E-state index contributed by atoms with van der Waals surface area (Å²) in [6, 6.07) is 9.74. The summed E-state index contributed by atoms with van der Waals surface area (Å²) >= 11 is 0. The zero-order chi connectivity index (χ0) is 24.2. The summed E-state index contributed by atoms with van der Waals surface area (Å²) in [6.45, 7) is 9.30. The number of carbonyl (C=O) groups excluding carboxylic acids is 2. The molecule has 2 aromatic heterocycles. The first-order chi connectivity index (χ1) is 15.6. The molecule has 1 unspecified atom stereocenters. The van der Waals surface area contributed by atoms with Crippen LogP contribution in [0.2, 0.25) is 0 Å². The number of amides is 3. The van der Waals surface area contributed by atoms with Gasteiger partial charge in [-0.25, -0.2) is 9.59 Å². The van der Waals surface area contributed by atoms with Gasteiger partial charge in [0.15, 0.2) is 11.5 Å². The summed E-state index contributed by atoms with van der Waals surface area (Å²) in [5.74, 6) is 1.13. The molecular weight excluding hydrogens is 424 g/mol. The van der Waals surface area contributed by atoms with E-state index in [1.54, 1.807) is 39.0 Å². The minimum absolute atomic E-state index is 0.0589. The number of hydrogen-bond acceptors (Lipinski definition) is 6. The Kier molecular flexibility index (Phi) is 7.05. The predicted octanol–water partition coefficient (Wildman–Crippen LogP) is 4.60. The zero-order valence-electron chi connectivity index (χ0n) is 19.7. The molecule has 1 aromatic carbocycles. The number of urea groups is 1. The highest BCUT2D eigenvalue weighted by Crippen LogP contribution is 2.29. The summed E-state index contributed by atoms with van der Waals surface area (Å²) in [7, 11) is 1.49. The Hall–Kier alpha value is -3.82. The average molecular weight is 455 g/mol. The number of anilines is 2. The van der Waals surface area contributed by atoms with Crippen molar-refractivity contribution in [2.75, 3.05) is 17.7 Å². The van der Waals surface area contributed by atoms with E-state index >= 15 is 0 Å². The second-order valence-corrected chi connectivity index (χ2v) is 8.85. The van der Waals surface area contributed by atoms with Crippen LogP contribution in [0.25, 0.3) is 5.65 Å². The van der Waals surface area contributed by atoms with Crippen LogP contribution in [0.4, 0.5) is 21.0 Å². The van der Waals surface area contributed by atoms with E-state index in [9.17, 15) is 9.59 Å². The van der Waals surface area contributed by atoms with Crippen molar-refractivity contribution in [3.8, 4) is 5.75 Å². The summed E-state index contributed by atoms with van der Waals surface area (Å²) < 4.78 is 12.5. The minimum atomic E-state index is -0.648. The second-order valence-electron chi connectivity index (χ2n) is 8.85. The summed E-state index contributed by atoms with van der Waals surface area (Å²) in [6.07, 6.45) is 1.23. The van der Waals surface area contributed by atoms with E-state index in [1.165, 1.54) is 7.11 Å². The van der Waals surface area contributed by atoms with Gasteiger partial charge in [-0.3, -0.25) is 9.72 Å². The van der Waals surface area contributed by atoms with Gasteiger partial charge in [0, 0.05) is 11.9 Å². The van der Waals surface area contributed by atoms with Gasteiger partial charge in [-0.05, 0) is 57.0 Å². The number of hydrogen-bond donors (Lipinski definition) is 3. The molecule has 0 aliphatic heterocycles. The van der Waals surface area contributed by atoms with Crippen molar-refractivity contribution in [2.24, 2.45) is 5.92 Å². The molecular formula is C23H30N6O4. The molecule has 0 aliphatic rings. The quantitative estimate of drug-likeness (QED) is 0.501. The van der Waals surface area contributed by atoms with Crippen molar-refractivity contribution in [3.05, 3.63) is 48.4 Å². The molecule has 0 spiro atoms. The average Bonchev–Trinajstić information content (AvgIpc) is 3.14. The number of ether oxygens (including phenoxy) is 2. The molecule has 0 saturated heterocycles. The Labute approximate surface area is 192 Å². The van der Waals surface area contributed by atoms with Crippen LogP contribution in [-0.4, -0.2) is 39.4 Å². The van der Waals surface area contributed by atoms with Crippen LogP contribution in [-0.2, 0) is 4.74 Å². The Morgan fingerprint density at radius 1 is 1.06 bits per heavy atom. The topological polar surface area (TPSA) is 119 Å². The van der Waals surface area contributed by atoms with E-state index in [0.717, 1.165) is 0 Å². The van der Waals surface area contributed by atoms with Gasteiger partial charge in [0.2, 0.25) is 0 Å². The lowest BCUT2D eigenvalue weighted by atomic mass is 10.0. The number of nitrogens with one attached hydrogen (secondary N) is 3. The first kappa shape index (κ1) is 23.8. The smallest absolute Gasteiger partial charge is 0.412 e. The van der Waals surface area contributed by atoms with Crippen LogP contribution in [0.5, 0.6) is 5.75 Å². The monoisotopic (exact) mass is 454 g/mol. The van der Waals surface area contributed by atoms with Crippen molar-refractivity contribution in [2.45, 2.75) is 46.3 Å². The van der Waals surface area contributed by atoms with Crippen LogP contribution >= 0.6 is 0 Å². The predicted molar refractivity (Wildman–Crippen MR) is 126 cm³/mol. The van der Waals surface area contributed by atoms with Gasteiger partial charge in [0.25, 0.3) is 0 Å². The molecule has 3 amide bonds. The largest absolute Gasteiger partial charge is 0.495 e. The third-order valence-corrected chi connectivity index (χ3v) is 4.66. The molecule has 3 rings (SSSR count). The number of aromatic nitrogens is 3. The summed E-state index contributed by atoms with van der Waals surface area (Å²) in [5, 5.41) is 16.9. The third-order valence-electron chi connectivity index (χ3n) is 4.66. The number of benzene rings is 1. The fraction of sp³-hybridized carbons (Fsp3) is 0.391. The van der Waals surface area contributed by atoms with Gasteiger partial charge in [0.1, 0.15) is 11.4 Å². The van der Waals surface area contributed by atoms with Gasteiger partial charge in [0.05, 0.1) is 18.8 Å². The van der Waals surface area contributed by atoms with Gasteiger partial charge in [-0.2, -0.15) is 0 Å². The first-order valence-corrected chi connectivity index (χ1v) is 10.6. The van der Waals surface area contributed by atoms with Crippen molar-refractivity contribution < 1.29 is 19.1 Å². The Morgan fingerprint density at radius 3 is 2.48 bits per heavy atom. The minimum Gasteiger partial charge on any atom is -0.495 e. The van der Waals surface area contributed by atoms with Crippen LogP contribution < -0.4 is 20.7 Å². The number of pyridine rings is 1. The Balaban J connectivity index is 1.75. The summed E-state index contributed by atoms with van der Waals surface area (Å²) in [4.78, 5) is 25.0. The Morgan fingerprint density at radius 2 is 1.82 bits per heavy atom. The highest BCUT2D eigenvalue weighted by atomic mass is 16.6. The van der Waals surface area contributed by atoms with Gasteiger partial charge in [-0.1, -0.05) is 19.9 Å². The van der Waals surface area contributed by atoms with E-state index in [4.69, 9.17) is 9.47 Å². The standard InChI is InChI=1S/C23H30N6O4/c1-14(2)19(20-28-27-18-9-7-8-12-29(18)20)26-21(30)24-15-10-11-17(32-6)16(13-15)25-22(31)33-23(3,4)5/h7-14,19H,1-6H3,(H,25,31)(H2,24,26,30). The zero-order valence-corrected chi connectivity index (χ0v) is 19.7. The van der Waals surface area contributed by atoms with Crippen molar-refractivity contribution in [1.29, 1.82) is 0 Å². The number of fused-ring (bicyclic) bond motifs is 1. The van der Waals surface area contributed by atoms with E-state index in [2.05, 4.69) is 26.1 Å². The lowest BCUT2D eigenvalue weighted by Crippen LogP contribution is -2.36. The maximum absolute atomic E-state index is 12.8. The molecule has 176 valence electrons. The van der Waals surface area contributed by atoms with Gasteiger partial charge < -0.3 is 20.1 Å². The molecule has 0 saturated carbocycles. The number of nitrogens with zero attached hydrogens (tertiary/aromatic N) is 3. The second kappa shape index (κ2) is 9.76. The molecule has 0 radical (unpaired) electrons. The lowest BCUT2D eigenvalue weighted by Gasteiger charge is -2.22. The molecule has 3 aromatic rings. The maximum atomic E-state index is 12.8. The van der Waals surface area contributed by atoms with Crippen LogP contribution in [0.3, 0.4) is 0 Å². The molecule has 10 heteroatoms. The van der Waals surface area contributed by atoms with Crippen LogP contribution in [0.1, 0.15) is 46.5 Å². The highest BCUT2D eigenvalue weighted by Gasteiger charge is 2.24. The number of carbonyl (C=O) groups is 2. The SMILES string of the molecule is COc1ccc(NC(=O)NC(c2nnc3ccccn23)C(C)C)cc1NC(=O)OC(C)(C)C. The normalized spacial score (nSPS) is 12.3. The molecule has 33 heavy (non-hydrogen) atoms. The van der Waals surface area contributed by atoms with E-state index in [0.29, 0.717) is 28.6 Å². The number of rotatable bonds is 6. The van der Waals surface area contributed by atoms with Crippen LogP contribution in [0.15, 0.2) is 42.6 Å². The molecule has 10 nitrogen and oxygen atoms in total. The van der Waals surface area contributed by atoms with Crippen molar-refractivity contribution in [3.63, 3.8) is 0 Å². The molecule has 0 aliphatic carbocycles. The highest BCUT2D eigenvalue weighted by molar-refractivity contribution is 5.92. The fourth-order valence-electron chi connectivity index (χ4n) is 3.21. The van der Waals surface area contributed by atoms with Crippen molar-refractivity contribution >= 4 is 29.1 Å². The van der Waals surface area contributed by atoms with E-state index < -0.39 is 17.7 Å². The fourth-order valence-corrected chi connectivity index (χ4v) is 3.21. The molecule has 0 bridgehead atoms. The van der Waals surface area contributed by atoms with E-state index in [1.807, 2.05) is 42.6 Å². The Bertz CT molecular complexity index is 1140. The van der Waals surface area contributed by atoms with Crippen LogP contribution in [0, 0.1) is 5.92 Å². The molecule has 2 heterocycles. The number of methoxy groups -OCH3 is 1. The van der Waals surface area contributed by atoms with Gasteiger partial charge in [-0.15, -0.1) is 10.2 Å². The first-order valence-electron chi connectivity index (χ1n) is 10.6. The lowest BCUT2D eigenvalue weighted by molar-refractivity contribution is 0.0635.